The van der Waals surface area contributed by atoms with Crippen molar-refractivity contribution in [1.29, 1.82) is 0 Å². The molecule has 1 saturated heterocycles. The van der Waals surface area contributed by atoms with Gasteiger partial charge in [0, 0.05) is 19.7 Å². The quantitative estimate of drug-likeness (QED) is 0.805. The van der Waals surface area contributed by atoms with E-state index in [1.54, 1.807) is 24.3 Å². The fourth-order valence-corrected chi connectivity index (χ4v) is 2.68. The van der Waals surface area contributed by atoms with Crippen LogP contribution in [0.5, 0.6) is 0 Å². The number of halogens is 1. The summed E-state index contributed by atoms with van der Waals surface area (Å²) in [6.45, 7) is 1.77. The zero-order chi connectivity index (χ0) is 17.5. The van der Waals surface area contributed by atoms with E-state index in [1.807, 2.05) is 6.07 Å². The minimum atomic E-state index is -0.263. The standard InChI is InChI=1S/C18H21FN4O2/c19-15-6-2-1-4-13(15)9-10-20-17-8-7-16(22-23-17)18(24)21-12-14-5-3-11-25-14/h1-2,4,6-8,14H,3,5,9-12H2,(H,20,23)(H,21,24). The molecule has 1 aromatic heterocycles. The van der Waals surface area contributed by atoms with Gasteiger partial charge in [0.1, 0.15) is 11.6 Å². The second kappa shape index (κ2) is 8.53. The highest BCUT2D eigenvalue weighted by Gasteiger charge is 2.17. The van der Waals surface area contributed by atoms with E-state index in [0.717, 1.165) is 19.4 Å². The van der Waals surface area contributed by atoms with E-state index in [1.165, 1.54) is 6.07 Å². The molecule has 2 aromatic rings. The normalized spacial score (nSPS) is 16.6. The molecule has 1 aromatic carbocycles. The molecule has 3 rings (SSSR count). The van der Waals surface area contributed by atoms with Crippen LogP contribution < -0.4 is 10.6 Å². The Hall–Kier alpha value is -2.54. The minimum absolute atomic E-state index is 0.0937. The third-order valence-corrected chi connectivity index (χ3v) is 4.07. The summed E-state index contributed by atoms with van der Waals surface area (Å²) >= 11 is 0. The molecule has 132 valence electrons. The van der Waals surface area contributed by atoms with E-state index in [-0.39, 0.29) is 23.5 Å². The van der Waals surface area contributed by atoms with Gasteiger partial charge in [0.2, 0.25) is 0 Å². The molecule has 25 heavy (non-hydrogen) atoms. The Morgan fingerprint density at radius 2 is 2.12 bits per heavy atom. The molecule has 6 nitrogen and oxygen atoms in total. The van der Waals surface area contributed by atoms with Gasteiger partial charge in [-0.3, -0.25) is 4.79 Å². The Morgan fingerprint density at radius 1 is 1.24 bits per heavy atom. The van der Waals surface area contributed by atoms with Gasteiger partial charge in [0.05, 0.1) is 6.10 Å². The molecular formula is C18H21FN4O2. The minimum Gasteiger partial charge on any atom is -0.376 e. The Bertz CT molecular complexity index is 702. The van der Waals surface area contributed by atoms with Crippen molar-refractivity contribution in [2.75, 3.05) is 25.0 Å². The summed E-state index contributed by atoms with van der Waals surface area (Å²) in [7, 11) is 0. The summed E-state index contributed by atoms with van der Waals surface area (Å²) in [5.41, 5.74) is 0.908. The lowest BCUT2D eigenvalue weighted by Crippen LogP contribution is -2.32. The Kier molecular flexibility index (Phi) is 5.90. The summed E-state index contributed by atoms with van der Waals surface area (Å²) in [4.78, 5) is 12.0. The third kappa shape index (κ3) is 4.96. The van der Waals surface area contributed by atoms with Crippen molar-refractivity contribution < 1.29 is 13.9 Å². The van der Waals surface area contributed by atoms with E-state index in [4.69, 9.17) is 4.74 Å². The number of benzene rings is 1. The molecular weight excluding hydrogens is 323 g/mol. The highest BCUT2D eigenvalue weighted by molar-refractivity contribution is 5.92. The first kappa shape index (κ1) is 17.3. The van der Waals surface area contributed by atoms with E-state index in [0.29, 0.717) is 30.9 Å². The monoisotopic (exact) mass is 344 g/mol. The van der Waals surface area contributed by atoms with E-state index >= 15 is 0 Å². The Morgan fingerprint density at radius 3 is 2.84 bits per heavy atom. The number of rotatable bonds is 7. The van der Waals surface area contributed by atoms with Crippen LogP contribution in [-0.4, -0.2) is 41.9 Å². The molecule has 0 radical (unpaired) electrons. The second-order valence-corrected chi connectivity index (χ2v) is 5.92. The van der Waals surface area contributed by atoms with Crippen LogP contribution in [0.15, 0.2) is 36.4 Å². The molecule has 7 heteroatoms. The van der Waals surface area contributed by atoms with Gasteiger partial charge >= 0.3 is 0 Å². The van der Waals surface area contributed by atoms with Crippen LogP contribution in [0, 0.1) is 5.82 Å². The van der Waals surface area contributed by atoms with E-state index in [2.05, 4.69) is 20.8 Å². The predicted octanol–water partition coefficient (Wildman–Crippen LogP) is 2.18. The van der Waals surface area contributed by atoms with E-state index in [9.17, 15) is 9.18 Å². The summed E-state index contributed by atoms with van der Waals surface area (Å²) in [6.07, 6.45) is 2.64. The maximum atomic E-state index is 13.5. The smallest absolute Gasteiger partial charge is 0.271 e. The van der Waals surface area contributed by atoms with Gasteiger partial charge < -0.3 is 15.4 Å². The molecule has 0 spiro atoms. The molecule has 2 heterocycles. The van der Waals surface area contributed by atoms with Crippen LogP contribution in [0.2, 0.25) is 0 Å². The molecule has 1 fully saturated rings. The lowest BCUT2D eigenvalue weighted by Gasteiger charge is -2.10. The summed E-state index contributed by atoms with van der Waals surface area (Å²) in [5, 5.41) is 13.8. The van der Waals surface area contributed by atoms with E-state index < -0.39 is 0 Å². The van der Waals surface area contributed by atoms with Crippen molar-refractivity contribution in [2.45, 2.75) is 25.4 Å². The molecule has 0 saturated carbocycles. The van der Waals surface area contributed by atoms with Crippen LogP contribution in [0.4, 0.5) is 10.2 Å². The van der Waals surface area contributed by atoms with Crippen molar-refractivity contribution in [3.05, 3.63) is 53.5 Å². The molecule has 1 unspecified atom stereocenters. The number of amides is 1. The highest BCUT2D eigenvalue weighted by atomic mass is 19.1. The van der Waals surface area contributed by atoms with Gasteiger partial charge in [-0.05, 0) is 43.0 Å². The van der Waals surface area contributed by atoms with Crippen molar-refractivity contribution in [2.24, 2.45) is 0 Å². The van der Waals surface area contributed by atoms with Crippen molar-refractivity contribution in [1.82, 2.24) is 15.5 Å². The number of carbonyl (C=O) groups is 1. The zero-order valence-electron chi connectivity index (χ0n) is 13.9. The van der Waals surface area contributed by atoms with Gasteiger partial charge in [-0.2, -0.15) is 0 Å². The summed E-state index contributed by atoms with van der Waals surface area (Å²) < 4.78 is 19.0. The number of hydrogen-bond acceptors (Lipinski definition) is 5. The summed E-state index contributed by atoms with van der Waals surface area (Å²) in [5.74, 6) is 0.0709. The maximum Gasteiger partial charge on any atom is 0.271 e. The number of hydrogen-bond donors (Lipinski definition) is 2. The van der Waals surface area contributed by atoms with Crippen molar-refractivity contribution in [3.63, 3.8) is 0 Å². The average Bonchev–Trinajstić information content (AvgIpc) is 3.15. The summed E-state index contributed by atoms with van der Waals surface area (Å²) in [6, 6.07) is 9.98. The molecule has 2 N–H and O–H groups in total. The second-order valence-electron chi connectivity index (χ2n) is 5.92. The SMILES string of the molecule is O=C(NCC1CCCO1)c1ccc(NCCc2ccccc2F)nn1. The number of aromatic nitrogens is 2. The first-order chi connectivity index (χ1) is 12.2. The Labute approximate surface area is 145 Å². The third-order valence-electron chi connectivity index (χ3n) is 4.07. The number of ether oxygens (including phenoxy) is 1. The van der Waals surface area contributed by atoms with Crippen LogP contribution >= 0.6 is 0 Å². The topological polar surface area (TPSA) is 76.1 Å². The molecule has 0 bridgehead atoms. The molecule has 1 aliphatic heterocycles. The Balaban J connectivity index is 1.45. The highest BCUT2D eigenvalue weighted by Crippen LogP contribution is 2.11. The van der Waals surface area contributed by atoms with Gasteiger partial charge in [-0.25, -0.2) is 4.39 Å². The number of nitrogens with zero attached hydrogens (tertiary/aromatic N) is 2. The fraction of sp³-hybridized carbons (Fsp3) is 0.389. The predicted molar refractivity (Wildman–Crippen MR) is 91.9 cm³/mol. The van der Waals surface area contributed by atoms with Gasteiger partial charge in [-0.1, -0.05) is 18.2 Å². The molecule has 1 amide bonds. The van der Waals surface area contributed by atoms with Crippen LogP contribution in [0.25, 0.3) is 0 Å². The molecule has 0 aliphatic carbocycles. The van der Waals surface area contributed by atoms with Crippen LogP contribution in [-0.2, 0) is 11.2 Å². The van der Waals surface area contributed by atoms with Crippen LogP contribution in [0.3, 0.4) is 0 Å². The molecule has 1 atom stereocenters. The number of carbonyl (C=O) groups excluding carboxylic acids is 1. The number of nitrogens with one attached hydrogen (secondary N) is 2. The first-order valence-electron chi connectivity index (χ1n) is 8.43. The molecule has 1 aliphatic rings. The zero-order valence-corrected chi connectivity index (χ0v) is 13.9. The van der Waals surface area contributed by atoms with Gasteiger partial charge in [-0.15, -0.1) is 10.2 Å². The number of anilines is 1. The first-order valence-corrected chi connectivity index (χ1v) is 8.43. The van der Waals surface area contributed by atoms with Gasteiger partial charge in [0.25, 0.3) is 5.91 Å². The van der Waals surface area contributed by atoms with Crippen molar-refractivity contribution in [3.8, 4) is 0 Å². The van der Waals surface area contributed by atoms with Crippen molar-refractivity contribution >= 4 is 11.7 Å². The van der Waals surface area contributed by atoms with Crippen LogP contribution in [0.1, 0.15) is 28.9 Å². The lowest BCUT2D eigenvalue weighted by atomic mass is 10.1. The van der Waals surface area contributed by atoms with Gasteiger partial charge in [0.15, 0.2) is 5.69 Å². The maximum absolute atomic E-state index is 13.5. The fourth-order valence-electron chi connectivity index (χ4n) is 2.68. The lowest BCUT2D eigenvalue weighted by molar-refractivity contribution is 0.0853. The largest absolute Gasteiger partial charge is 0.376 e. The average molecular weight is 344 g/mol.